The molecule has 2 aromatic rings. The summed E-state index contributed by atoms with van der Waals surface area (Å²) in [6, 6.07) is 7.56. The molecular weight excluding hydrogens is 372 g/mol. The fourth-order valence-electron chi connectivity index (χ4n) is 3.30. The number of fused-ring (bicyclic) bond motifs is 1. The lowest BCUT2D eigenvalue weighted by molar-refractivity contribution is -0.121. The Balaban J connectivity index is 1.42. The largest absolute Gasteiger partial charge is 0.337 e. The molecule has 0 saturated heterocycles. The van der Waals surface area contributed by atoms with Gasteiger partial charge in [-0.15, -0.1) is 11.3 Å². The number of thiazole rings is 1. The summed E-state index contributed by atoms with van der Waals surface area (Å²) in [7, 11) is 1.86. The van der Waals surface area contributed by atoms with Gasteiger partial charge < -0.3 is 5.32 Å². The molecule has 1 aliphatic rings. The Morgan fingerprint density at radius 2 is 2.11 bits per heavy atom. The van der Waals surface area contributed by atoms with E-state index in [1.54, 1.807) is 11.3 Å². The molecular formula is C21H28N4O2S. The van der Waals surface area contributed by atoms with Crippen LogP contribution in [0.2, 0.25) is 0 Å². The van der Waals surface area contributed by atoms with Crippen molar-refractivity contribution < 1.29 is 9.59 Å². The van der Waals surface area contributed by atoms with Gasteiger partial charge in [0.1, 0.15) is 5.01 Å². The van der Waals surface area contributed by atoms with E-state index in [0.29, 0.717) is 6.54 Å². The van der Waals surface area contributed by atoms with Crippen LogP contribution in [0.4, 0.5) is 4.79 Å². The Labute approximate surface area is 170 Å². The molecule has 1 aromatic heterocycles. The number of para-hydroxylation sites is 1. The molecule has 0 radical (unpaired) electrons. The number of hydrogen-bond donors (Lipinski definition) is 2. The van der Waals surface area contributed by atoms with Crippen molar-refractivity contribution in [3.05, 3.63) is 40.9 Å². The first-order valence-electron chi connectivity index (χ1n) is 9.84. The smallest absolute Gasteiger partial charge is 0.321 e. The number of hydrogen-bond acceptors (Lipinski definition) is 5. The van der Waals surface area contributed by atoms with Crippen LogP contribution in [0.1, 0.15) is 50.1 Å². The summed E-state index contributed by atoms with van der Waals surface area (Å²) < 4.78 is 1.13. The van der Waals surface area contributed by atoms with E-state index in [2.05, 4.69) is 21.7 Å². The molecule has 3 amide bonds. The van der Waals surface area contributed by atoms with Crippen LogP contribution < -0.4 is 10.6 Å². The monoisotopic (exact) mass is 400 g/mol. The van der Waals surface area contributed by atoms with Gasteiger partial charge in [0.15, 0.2) is 0 Å². The van der Waals surface area contributed by atoms with Crippen molar-refractivity contribution in [3.8, 4) is 0 Å². The lowest BCUT2D eigenvalue weighted by Gasteiger charge is -2.22. The Morgan fingerprint density at radius 1 is 1.29 bits per heavy atom. The summed E-state index contributed by atoms with van der Waals surface area (Å²) in [6.07, 6.45) is 7.88. The average Bonchev–Trinajstić information content (AvgIpc) is 3.12. The molecule has 1 atom stereocenters. The van der Waals surface area contributed by atoms with Gasteiger partial charge in [-0.05, 0) is 58.2 Å². The highest BCUT2D eigenvalue weighted by molar-refractivity contribution is 7.18. The van der Waals surface area contributed by atoms with E-state index < -0.39 is 6.03 Å². The molecule has 1 aliphatic carbocycles. The number of carbonyl (C=O) groups excluding carboxylic acids is 2. The zero-order chi connectivity index (χ0) is 19.9. The van der Waals surface area contributed by atoms with Crippen molar-refractivity contribution in [1.82, 2.24) is 20.5 Å². The predicted molar refractivity (Wildman–Crippen MR) is 113 cm³/mol. The third-order valence-electron chi connectivity index (χ3n) is 5.09. The first-order chi connectivity index (χ1) is 13.5. The number of amides is 3. The van der Waals surface area contributed by atoms with Gasteiger partial charge in [0, 0.05) is 6.54 Å². The second-order valence-corrected chi connectivity index (χ2v) is 8.34. The van der Waals surface area contributed by atoms with E-state index in [9.17, 15) is 9.59 Å². The molecule has 1 aromatic carbocycles. The van der Waals surface area contributed by atoms with Crippen molar-refractivity contribution >= 4 is 33.5 Å². The van der Waals surface area contributed by atoms with E-state index in [-0.39, 0.29) is 18.5 Å². The van der Waals surface area contributed by atoms with E-state index in [1.807, 2.05) is 43.1 Å². The predicted octanol–water partition coefficient (Wildman–Crippen LogP) is 4.01. The van der Waals surface area contributed by atoms with E-state index in [0.717, 1.165) is 34.5 Å². The number of nitrogens with zero attached hydrogens (tertiary/aromatic N) is 2. The van der Waals surface area contributed by atoms with Crippen molar-refractivity contribution in [2.24, 2.45) is 0 Å². The first-order valence-corrected chi connectivity index (χ1v) is 10.7. The zero-order valence-electron chi connectivity index (χ0n) is 16.5. The molecule has 3 rings (SSSR count). The fourth-order valence-corrected chi connectivity index (χ4v) is 4.38. The van der Waals surface area contributed by atoms with Gasteiger partial charge in [0.2, 0.25) is 5.91 Å². The Kier molecular flexibility index (Phi) is 7.17. The summed E-state index contributed by atoms with van der Waals surface area (Å²) in [6.45, 7) is 2.71. The standard InChI is InChI=1S/C21H28N4O2S/c1-15(20-23-17-10-6-7-11-18(17)28-20)25(2)14-19(26)24-21(27)22-13-12-16-8-4-3-5-9-16/h6-8,10-11,15H,3-5,9,12-14H2,1-2H3,(H2,22,24,26,27)/t15-/m0/s1. The molecule has 7 heteroatoms. The molecule has 6 nitrogen and oxygen atoms in total. The Bertz CT molecular complexity index is 828. The molecule has 0 unspecified atom stereocenters. The number of rotatable bonds is 7. The second-order valence-electron chi connectivity index (χ2n) is 7.27. The van der Waals surface area contributed by atoms with Gasteiger partial charge in [-0.1, -0.05) is 23.8 Å². The Morgan fingerprint density at radius 3 is 2.86 bits per heavy atom. The number of carbonyl (C=O) groups is 2. The molecule has 0 aliphatic heterocycles. The number of allylic oxidation sites excluding steroid dienone is 1. The van der Waals surface area contributed by atoms with Crippen LogP contribution >= 0.6 is 11.3 Å². The molecule has 0 saturated carbocycles. The maximum absolute atomic E-state index is 12.2. The van der Waals surface area contributed by atoms with E-state index in [1.165, 1.54) is 18.4 Å². The van der Waals surface area contributed by atoms with Crippen LogP contribution in [-0.2, 0) is 4.79 Å². The molecule has 0 fully saturated rings. The minimum atomic E-state index is -0.428. The van der Waals surface area contributed by atoms with Gasteiger partial charge in [0.05, 0.1) is 22.8 Å². The zero-order valence-corrected chi connectivity index (χ0v) is 17.3. The van der Waals surface area contributed by atoms with Crippen LogP contribution in [-0.4, -0.2) is 42.0 Å². The number of benzene rings is 1. The molecule has 28 heavy (non-hydrogen) atoms. The third kappa shape index (κ3) is 5.62. The highest BCUT2D eigenvalue weighted by atomic mass is 32.1. The van der Waals surface area contributed by atoms with Crippen molar-refractivity contribution in [2.45, 2.75) is 45.1 Å². The fraction of sp³-hybridized carbons (Fsp3) is 0.476. The third-order valence-corrected chi connectivity index (χ3v) is 6.30. The highest BCUT2D eigenvalue weighted by Crippen LogP contribution is 2.28. The van der Waals surface area contributed by atoms with Gasteiger partial charge in [-0.2, -0.15) is 0 Å². The summed E-state index contributed by atoms with van der Waals surface area (Å²) in [5.74, 6) is -0.315. The van der Waals surface area contributed by atoms with E-state index >= 15 is 0 Å². The van der Waals surface area contributed by atoms with Crippen molar-refractivity contribution in [1.29, 1.82) is 0 Å². The summed E-state index contributed by atoms with van der Waals surface area (Å²) >= 11 is 1.63. The van der Waals surface area contributed by atoms with Crippen LogP contribution in [0.3, 0.4) is 0 Å². The van der Waals surface area contributed by atoms with Gasteiger partial charge in [0.25, 0.3) is 0 Å². The number of urea groups is 1. The lowest BCUT2D eigenvalue weighted by Crippen LogP contribution is -2.44. The van der Waals surface area contributed by atoms with E-state index in [4.69, 9.17) is 0 Å². The summed E-state index contributed by atoms with van der Waals surface area (Å²) in [4.78, 5) is 30.7. The summed E-state index contributed by atoms with van der Waals surface area (Å²) in [5, 5.41) is 6.15. The normalized spacial score (nSPS) is 15.3. The number of likely N-dealkylation sites (N-methyl/N-ethyl adjacent to an activating group) is 1. The number of imide groups is 1. The maximum atomic E-state index is 12.2. The number of nitrogens with one attached hydrogen (secondary N) is 2. The second kappa shape index (κ2) is 9.80. The SMILES string of the molecule is C[C@@H](c1nc2ccccc2s1)N(C)CC(=O)NC(=O)NCCC1=CCCCC1. The van der Waals surface area contributed by atoms with Crippen LogP contribution in [0, 0.1) is 0 Å². The van der Waals surface area contributed by atoms with Crippen LogP contribution in [0.5, 0.6) is 0 Å². The van der Waals surface area contributed by atoms with Gasteiger partial charge in [-0.25, -0.2) is 9.78 Å². The average molecular weight is 401 g/mol. The molecule has 0 spiro atoms. The minimum Gasteiger partial charge on any atom is -0.337 e. The van der Waals surface area contributed by atoms with Crippen LogP contribution in [0.25, 0.3) is 10.2 Å². The van der Waals surface area contributed by atoms with Crippen molar-refractivity contribution in [2.75, 3.05) is 20.1 Å². The van der Waals surface area contributed by atoms with Gasteiger partial charge >= 0.3 is 6.03 Å². The molecule has 2 N–H and O–H groups in total. The van der Waals surface area contributed by atoms with Crippen molar-refractivity contribution in [3.63, 3.8) is 0 Å². The molecule has 1 heterocycles. The first kappa shape index (κ1) is 20.5. The number of aromatic nitrogens is 1. The Hall–Kier alpha value is -2.25. The molecule has 0 bridgehead atoms. The highest BCUT2D eigenvalue weighted by Gasteiger charge is 2.19. The van der Waals surface area contributed by atoms with Gasteiger partial charge in [-0.3, -0.25) is 15.0 Å². The topological polar surface area (TPSA) is 74.3 Å². The van der Waals surface area contributed by atoms with Crippen LogP contribution in [0.15, 0.2) is 35.9 Å². The summed E-state index contributed by atoms with van der Waals surface area (Å²) in [5.41, 5.74) is 2.38. The quantitative estimate of drug-likeness (QED) is 0.689. The molecule has 150 valence electrons. The minimum absolute atomic E-state index is 0.00977. The maximum Gasteiger partial charge on any atom is 0.321 e. The lowest BCUT2D eigenvalue weighted by atomic mass is 9.97.